The van der Waals surface area contributed by atoms with Gasteiger partial charge >= 0.3 is 12.1 Å². The monoisotopic (exact) mass is 434 g/mol. The Morgan fingerprint density at radius 1 is 0.867 bits per heavy atom. The fourth-order valence-corrected chi connectivity index (χ4v) is 3.65. The zero-order valence-electron chi connectivity index (χ0n) is 15.8. The zero-order chi connectivity index (χ0) is 22.2. The molecule has 30 heavy (non-hydrogen) atoms. The summed E-state index contributed by atoms with van der Waals surface area (Å²) in [5.74, 6) is -8.59. The molecule has 2 aromatic carbocycles. The molecule has 1 fully saturated rings. The van der Waals surface area contributed by atoms with Gasteiger partial charge in [0.25, 0.3) is 0 Å². The van der Waals surface area contributed by atoms with Gasteiger partial charge in [-0.1, -0.05) is 19.8 Å². The molecule has 0 N–H and O–H groups in total. The minimum atomic E-state index is -5.30. The van der Waals surface area contributed by atoms with Crippen LogP contribution >= 0.6 is 0 Å². The van der Waals surface area contributed by atoms with E-state index in [-0.39, 0.29) is 18.1 Å². The highest BCUT2D eigenvalue weighted by molar-refractivity contribution is 5.91. The molecule has 1 aliphatic rings. The Labute approximate surface area is 167 Å². The SMILES string of the molecule is CC1CCC(c2cc(F)c(C(=O)Oc3cc(F)c(C(F)(F)F)c(F)c3)c(F)c2)CC1. The third kappa shape index (κ3) is 4.60. The van der Waals surface area contributed by atoms with Gasteiger partial charge < -0.3 is 4.74 Å². The molecule has 162 valence electrons. The second kappa shape index (κ2) is 8.28. The third-order valence-corrected chi connectivity index (χ3v) is 5.27. The molecule has 0 aliphatic heterocycles. The van der Waals surface area contributed by atoms with Crippen LogP contribution in [0.1, 0.15) is 60.0 Å². The van der Waals surface area contributed by atoms with Crippen molar-refractivity contribution in [1.29, 1.82) is 0 Å². The van der Waals surface area contributed by atoms with Crippen molar-refractivity contribution in [3.63, 3.8) is 0 Å². The molecule has 0 radical (unpaired) electrons. The lowest BCUT2D eigenvalue weighted by atomic mass is 9.79. The quantitative estimate of drug-likeness (QED) is 0.303. The molecular formula is C21H17F7O2. The van der Waals surface area contributed by atoms with Crippen molar-refractivity contribution in [3.8, 4) is 5.75 Å². The Morgan fingerprint density at radius 3 is 1.83 bits per heavy atom. The second-order valence-electron chi connectivity index (χ2n) is 7.47. The van der Waals surface area contributed by atoms with E-state index < -0.39 is 52.3 Å². The van der Waals surface area contributed by atoms with Crippen molar-refractivity contribution in [1.82, 2.24) is 0 Å². The minimum absolute atomic E-state index is 0.0617. The van der Waals surface area contributed by atoms with Crippen molar-refractivity contribution in [2.45, 2.75) is 44.7 Å². The van der Waals surface area contributed by atoms with Crippen LogP contribution < -0.4 is 4.74 Å². The van der Waals surface area contributed by atoms with Crippen LogP contribution in [0.15, 0.2) is 24.3 Å². The number of benzene rings is 2. The third-order valence-electron chi connectivity index (χ3n) is 5.27. The molecule has 1 saturated carbocycles. The number of halogens is 7. The molecular weight excluding hydrogens is 417 g/mol. The standard InChI is InChI=1S/C21H17F7O2/c1-10-2-4-11(5-3-10)12-6-14(22)18(15(23)7-12)20(29)30-13-8-16(24)19(17(25)9-13)21(26,27)28/h6-11H,2-5H2,1H3. The van der Waals surface area contributed by atoms with Crippen LogP contribution in [0.3, 0.4) is 0 Å². The summed E-state index contributed by atoms with van der Waals surface area (Å²) < 4.78 is 98.4. The summed E-state index contributed by atoms with van der Waals surface area (Å²) in [6.07, 6.45) is -2.00. The Balaban J connectivity index is 1.84. The summed E-state index contributed by atoms with van der Waals surface area (Å²) in [6, 6.07) is 2.26. The highest BCUT2D eigenvalue weighted by atomic mass is 19.4. The van der Waals surface area contributed by atoms with Gasteiger partial charge in [-0.15, -0.1) is 0 Å². The molecule has 3 rings (SSSR count). The smallest absolute Gasteiger partial charge is 0.422 e. The van der Waals surface area contributed by atoms with Crippen molar-refractivity contribution >= 4 is 5.97 Å². The molecule has 0 heterocycles. The van der Waals surface area contributed by atoms with E-state index in [1.54, 1.807) is 0 Å². The summed E-state index contributed by atoms with van der Waals surface area (Å²) in [5, 5.41) is 0. The number of rotatable bonds is 3. The van der Waals surface area contributed by atoms with Crippen LogP contribution in [0, 0.1) is 29.2 Å². The van der Waals surface area contributed by atoms with Crippen LogP contribution in [0.5, 0.6) is 5.75 Å². The number of carbonyl (C=O) groups excluding carboxylic acids is 1. The van der Waals surface area contributed by atoms with Crippen molar-refractivity contribution in [2.24, 2.45) is 5.92 Å². The molecule has 9 heteroatoms. The molecule has 0 amide bonds. The number of ether oxygens (including phenoxy) is 1. The number of esters is 1. The van der Waals surface area contributed by atoms with Gasteiger partial charge in [-0.2, -0.15) is 13.2 Å². The Hall–Kier alpha value is -2.58. The maximum Gasteiger partial charge on any atom is 0.422 e. The van der Waals surface area contributed by atoms with E-state index in [0.29, 0.717) is 11.5 Å². The van der Waals surface area contributed by atoms with Crippen molar-refractivity contribution in [3.05, 3.63) is 64.2 Å². The topological polar surface area (TPSA) is 26.3 Å². The fraction of sp³-hybridized carbons (Fsp3) is 0.381. The number of hydrogen-bond acceptors (Lipinski definition) is 2. The van der Waals surface area contributed by atoms with Gasteiger partial charge in [0.05, 0.1) is 0 Å². The summed E-state index contributed by atoms with van der Waals surface area (Å²) in [5.41, 5.74) is -2.87. The van der Waals surface area contributed by atoms with Gasteiger partial charge in [-0.25, -0.2) is 22.4 Å². The first-order chi connectivity index (χ1) is 14.0. The van der Waals surface area contributed by atoms with Gasteiger partial charge in [0.2, 0.25) is 0 Å². The Kier molecular flexibility index (Phi) is 6.10. The van der Waals surface area contributed by atoms with Crippen LogP contribution in [0.2, 0.25) is 0 Å². The number of alkyl halides is 3. The molecule has 0 atom stereocenters. The molecule has 0 saturated heterocycles. The molecule has 2 aromatic rings. The van der Waals surface area contributed by atoms with Crippen LogP contribution in [-0.2, 0) is 6.18 Å². The average Bonchev–Trinajstić information content (AvgIpc) is 2.59. The number of carbonyl (C=O) groups is 1. The summed E-state index contributed by atoms with van der Waals surface area (Å²) in [7, 11) is 0. The van der Waals surface area contributed by atoms with E-state index in [2.05, 4.69) is 11.7 Å². The van der Waals surface area contributed by atoms with E-state index in [0.717, 1.165) is 37.8 Å². The lowest BCUT2D eigenvalue weighted by molar-refractivity contribution is -0.142. The first-order valence-corrected chi connectivity index (χ1v) is 9.24. The lowest BCUT2D eigenvalue weighted by Gasteiger charge is -2.26. The van der Waals surface area contributed by atoms with Crippen LogP contribution in [0.25, 0.3) is 0 Å². The first kappa shape index (κ1) is 22.1. The highest BCUT2D eigenvalue weighted by Gasteiger charge is 2.38. The maximum atomic E-state index is 14.4. The van der Waals surface area contributed by atoms with Gasteiger partial charge in [-0.3, -0.25) is 0 Å². The Morgan fingerprint density at radius 2 is 1.37 bits per heavy atom. The van der Waals surface area contributed by atoms with Crippen molar-refractivity contribution < 1.29 is 40.3 Å². The van der Waals surface area contributed by atoms with Crippen LogP contribution in [0.4, 0.5) is 30.7 Å². The summed E-state index contributed by atoms with van der Waals surface area (Å²) in [6.45, 7) is 2.09. The Bertz CT molecular complexity index is 914. The number of hydrogen-bond donors (Lipinski definition) is 0. The largest absolute Gasteiger partial charge is 0.423 e. The molecule has 0 spiro atoms. The maximum absolute atomic E-state index is 14.4. The second-order valence-corrected chi connectivity index (χ2v) is 7.47. The normalized spacial score (nSPS) is 19.6. The minimum Gasteiger partial charge on any atom is -0.423 e. The predicted molar refractivity (Wildman–Crippen MR) is 93.0 cm³/mol. The van der Waals surface area contributed by atoms with E-state index in [4.69, 9.17) is 0 Å². The summed E-state index contributed by atoms with van der Waals surface area (Å²) >= 11 is 0. The molecule has 1 aliphatic carbocycles. The molecule has 0 unspecified atom stereocenters. The predicted octanol–water partition coefficient (Wildman–Crippen LogP) is 6.77. The highest BCUT2D eigenvalue weighted by Crippen LogP contribution is 2.37. The van der Waals surface area contributed by atoms with Gasteiger partial charge in [0.1, 0.15) is 40.1 Å². The first-order valence-electron chi connectivity index (χ1n) is 9.24. The molecule has 2 nitrogen and oxygen atoms in total. The average molecular weight is 434 g/mol. The summed E-state index contributed by atoms with van der Waals surface area (Å²) in [4.78, 5) is 12.1. The van der Waals surface area contributed by atoms with Gasteiger partial charge in [-0.05, 0) is 42.4 Å². The zero-order valence-corrected chi connectivity index (χ0v) is 15.8. The lowest BCUT2D eigenvalue weighted by Crippen LogP contribution is -2.17. The fourth-order valence-electron chi connectivity index (χ4n) is 3.65. The van der Waals surface area contributed by atoms with Crippen LogP contribution in [-0.4, -0.2) is 5.97 Å². The van der Waals surface area contributed by atoms with E-state index >= 15 is 0 Å². The van der Waals surface area contributed by atoms with Crippen molar-refractivity contribution in [2.75, 3.05) is 0 Å². The molecule has 0 bridgehead atoms. The van der Waals surface area contributed by atoms with E-state index in [9.17, 15) is 35.5 Å². The van der Waals surface area contributed by atoms with Gasteiger partial charge in [0.15, 0.2) is 0 Å². The molecule has 0 aromatic heterocycles. The van der Waals surface area contributed by atoms with Gasteiger partial charge in [0, 0.05) is 12.1 Å². The van der Waals surface area contributed by atoms with E-state index in [1.165, 1.54) is 0 Å². The van der Waals surface area contributed by atoms with E-state index in [1.807, 2.05) is 0 Å².